The van der Waals surface area contributed by atoms with Gasteiger partial charge in [-0.05, 0) is 29.7 Å². The Hall–Kier alpha value is -2.76. The number of rotatable bonds is 3. The van der Waals surface area contributed by atoms with Gasteiger partial charge in [0, 0.05) is 48.1 Å². The first-order chi connectivity index (χ1) is 13.3. The fraction of sp³-hybridized carbons (Fsp3) is 0.318. The van der Waals surface area contributed by atoms with Crippen LogP contribution in [0, 0.1) is 0 Å². The van der Waals surface area contributed by atoms with Gasteiger partial charge in [-0.25, -0.2) is 0 Å². The number of amides is 1. The van der Waals surface area contributed by atoms with Gasteiger partial charge >= 0.3 is 6.18 Å². The summed E-state index contributed by atoms with van der Waals surface area (Å²) < 4.78 is 38.1. The van der Waals surface area contributed by atoms with Gasteiger partial charge in [-0.3, -0.25) is 4.79 Å². The van der Waals surface area contributed by atoms with Crippen molar-refractivity contribution in [2.45, 2.75) is 38.4 Å². The first-order valence-electron chi connectivity index (χ1n) is 9.36. The van der Waals surface area contributed by atoms with E-state index >= 15 is 0 Å². The summed E-state index contributed by atoms with van der Waals surface area (Å²) in [6, 6.07) is 13.2. The van der Waals surface area contributed by atoms with Gasteiger partial charge in [0.15, 0.2) is 0 Å². The van der Waals surface area contributed by atoms with Crippen molar-refractivity contribution in [1.82, 2.24) is 9.88 Å². The third kappa shape index (κ3) is 3.51. The van der Waals surface area contributed by atoms with E-state index < -0.39 is 11.7 Å². The summed E-state index contributed by atoms with van der Waals surface area (Å²) in [6.07, 6.45) is -3.28. The number of hydrogen-bond donors (Lipinski definition) is 1. The van der Waals surface area contributed by atoms with Crippen LogP contribution in [0.25, 0.3) is 10.9 Å². The third-order valence-electron chi connectivity index (χ3n) is 5.52. The predicted octanol–water partition coefficient (Wildman–Crippen LogP) is 5.27. The van der Waals surface area contributed by atoms with Crippen LogP contribution in [0.4, 0.5) is 13.2 Å². The largest absolute Gasteiger partial charge is 0.416 e. The number of fused-ring (bicyclic) bond motifs is 3. The highest BCUT2D eigenvalue weighted by molar-refractivity contribution is 5.86. The SMILES string of the molecule is CC(CC(=O)N1CCc2[nH]c3ccccc3c2C1)c1ccc(C(F)(F)F)cc1. The smallest absolute Gasteiger partial charge is 0.358 e. The van der Waals surface area contributed by atoms with Gasteiger partial charge in [-0.1, -0.05) is 37.3 Å². The van der Waals surface area contributed by atoms with Gasteiger partial charge in [0.1, 0.15) is 0 Å². The number of para-hydroxylation sites is 1. The molecule has 1 aromatic heterocycles. The summed E-state index contributed by atoms with van der Waals surface area (Å²) in [5.74, 6) is -0.109. The zero-order valence-electron chi connectivity index (χ0n) is 15.5. The average molecular weight is 386 g/mol. The molecule has 1 aliphatic rings. The Morgan fingerprint density at radius 1 is 1.14 bits per heavy atom. The first kappa shape index (κ1) is 18.6. The molecule has 3 aromatic rings. The number of nitrogens with one attached hydrogen (secondary N) is 1. The second kappa shape index (κ2) is 7.00. The molecule has 0 fully saturated rings. The van der Waals surface area contributed by atoms with Crippen molar-refractivity contribution < 1.29 is 18.0 Å². The number of aromatic nitrogens is 1. The highest BCUT2D eigenvalue weighted by Crippen LogP contribution is 2.32. The van der Waals surface area contributed by atoms with Crippen LogP contribution in [0.15, 0.2) is 48.5 Å². The predicted molar refractivity (Wildman–Crippen MR) is 102 cm³/mol. The second-order valence-corrected chi connectivity index (χ2v) is 7.42. The highest BCUT2D eigenvalue weighted by atomic mass is 19.4. The van der Waals surface area contributed by atoms with Gasteiger partial charge in [-0.2, -0.15) is 13.2 Å². The summed E-state index contributed by atoms with van der Waals surface area (Å²) >= 11 is 0. The first-order valence-corrected chi connectivity index (χ1v) is 9.36. The number of hydrogen-bond acceptors (Lipinski definition) is 1. The van der Waals surface area contributed by atoms with E-state index in [4.69, 9.17) is 0 Å². The van der Waals surface area contributed by atoms with E-state index in [1.165, 1.54) is 17.8 Å². The molecule has 1 unspecified atom stereocenters. The number of carbonyl (C=O) groups excluding carboxylic acids is 1. The monoisotopic (exact) mass is 386 g/mol. The van der Waals surface area contributed by atoms with Gasteiger partial charge in [0.2, 0.25) is 5.91 Å². The van der Waals surface area contributed by atoms with Gasteiger partial charge in [0.05, 0.1) is 5.56 Å². The molecule has 1 atom stereocenters. The number of nitrogens with zero attached hydrogens (tertiary/aromatic N) is 1. The standard InChI is InChI=1S/C22H21F3N2O/c1-14(15-6-8-16(9-7-15)22(23,24)25)12-21(28)27-11-10-20-18(13-27)17-4-2-3-5-19(17)26-20/h2-9,14,26H,10-13H2,1H3. The van der Waals surface area contributed by atoms with Crippen LogP contribution in [0.3, 0.4) is 0 Å². The molecule has 3 nitrogen and oxygen atoms in total. The van der Waals surface area contributed by atoms with Gasteiger partial charge in [-0.15, -0.1) is 0 Å². The maximum atomic E-state index is 12.8. The van der Waals surface area contributed by atoms with Gasteiger partial charge < -0.3 is 9.88 Å². The molecule has 6 heteroatoms. The lowest BCUT2D eigenvalue weighted by Gasteiger charge is -2.28. The van der Waals surface area contributed by atoms with Crippen LogP contribution in [0.1, 0.15) is 41.6 Å². The minimum Gasteiger partial charge on any atom is -0.358 e. The minimum absolute atomic E-state index is 0.0309. The third-order valence-corrected chi connectivity index (χ3v) is 5.52. The fourth-order valence-electron chi connectivity index (χ4n) is 3.89. The summed E-state index contributed by atoms with van der Waals surface area (Å²) in [6.45, 7) is 3.10. The Morgan fingerprint density at radius 3 is 2.57 bits per heavy atom. The molecule has 2 heterocycles. The van der Waals surface area contributed by atoms with Crippen LogP contribution < -0.4 is 0 Å². The van der Waals surface area contributed by atoms with Crippen molar-refractivity contribution in [2.75, 3.05) is 6.54 Å². The number of H-pyrrole nitrogens is 1. The van der Waals surface area contributed by atoms with Crippen LogP contribution in [0.2, 0.25) is 0 Å². The molecule has 146 valence electrons. The Balaban J connectivity index is 1.45. The van der Waals surface area contributed by atoms with E-state index in [2.05, 4.69) is 11.1 Å². The summed E-state index contributed by atoms with van der Waals surface area (Å²) in [7, 11) is 0. The summed E-state index contributed by atoms with van der Waals surface area (Å²) in [5.41, 5.74) is 3.50. The highest BCUT2D eigenvalue weighted by Gasteiger charge is 2.30. The van der Waals surface area contributed by atoms with E-state index in [9.17, 15) is 18.0 Å². The Labute approximate surface area is 161 Å². The molecule has 0 aliphatic carbocycles. The number of aromatic amines is 1. The molecule has 2 aromatic carbocycles. The average Bonchev–Trinajstić information content (AvgIpc) is 3.05. The topological polar surface area (TPSA) is 36.1 Å². The maximum absolute atomic E-state index is 12.8. The fourth-order valence-corrected chi connectivity index (χ4v) is 3.89. The van der Waals surface area contributed by atoms with Crippen molar-refractivity contribution in [1.29, 1.82) is 0 Å². The van der Waals surface area contributed by atoms with Gasteiger partial charge in [0.25, 0.3) is 0 Å². The van der Waals surface area contributed by atoms with Crippen LogP contribution in [0.5, 0.6) is 0 Å². The Morgan fingerprint density at radius 2 is 1.86 bits per heavy atom. The summed E-state index contributed by atoms with van der Waals surface area (Å²) in [4.78, 5) is 18.1. The van der Waals surface area contributed by atoms with Crippen molar-refractivity contribution in [3.05, 3.63) is 70.9 Å². The molecule has 4 rings (SSSR count). The molecule has 0 bridgehead atoms. The lowest BCUT2D eigenvalue weighted by Crippen LogP contribution is -2.36. The number of halogens is 3. The van der Waals surface area contributed by atoms with Crippen LogP contribution >= 0.6 is 0 Å². The van der Waals surface area contributed by atoms with E-state index in [0.29, 0.717) is 13.1 Å². The quantitative estimate of drug-likeness (QED) is 0.654. The zero-order chi connectivity index (χ0) is 19.9. The molecule has 28 heavy (non-hydrogen) atoms. The van der Waals surface area contributed by atoms with E-state index in [0.717, 1.165) is 40.6 Å². The second-order valence-electron chi connectivity index (χ2n) is 7.42. The van der Waals surface area contributed by atoms with Crippen LogP contribution in [-0.4, -0.2) is 22.3 Å². The molecule has 0 spiro atoms. The molecule has 1 aliphatic heterocycles. The Kier molecular flexibility index (Phi) is 4.65. The number of alkyl halides is 3. The zero-order valence-corrected chi connectivity index (χ0v) is 15.5. The number of carbonyl (C=O) groups is 1. The number of benzene rings is 2. The molecule has 0 radical (unpaired) electrons. The maximum Gasteiger partial charge on any atom is 0.416 e. The van der Waals surface area contributed by atoms with E-state index in [1.807, 2.05) is 30.0 Å². The lowest BCUT2D eigenvalue weighted by atomic mass is 9.95. The molecule has 0 saturated heterocycles. The molecule has 1 N–H and O–H groups in total. The van der Waals surface area contributed by atoms with Crippen molar-refractivity contribution in [2.24, 2.45) is 0 Å². The molecular formula is C22H21F3N2O. The van der Waals surface area contributed by atoms with Crippen molar-refractivity contribution >= 4 is 16.8 Å². The Bertz CT molecular complexity index is 1000. The lowest BCUT2D eigenvalue weighted by molar-refractivity contribution is -0.137. The van der Waals surface area contributed by atoms with Crippen LogP contribution in [-0.2, 0) is 23.9 Å². The molecular weight excluding hydrogens is 365 g/mol. The normalized spacial score (nSPS) is 15.5. The van der Waals surface area contributed by atoms with Crippen molar-refractivity contribution in [3.63, 3.8) is 0 Å². The summed E-state index contributed by atoms with van der Waals surface area (Å²) in [5, 5.41) is 1.14. The van der Waals surface area contributed by atoms with Crippen molar-refractivity contribution in [3.8, 4) is 0 Å². The van der Waals surface area contributed by atoms with E-state index in [1.54, 1.807) is 0 Å². The molecule has 0 saturated carbocycles. The minimum atomic E-state index is -4.34. The van der Waals surface area contributed by atoms with E-state index in [-0.39, 0.29) is 18.2 Å². The molecule has 1 amide bonds.